The van der Waals surface area contributed by atoms with E-state index in [1.54, 1.807) is 0 Å². The van der Waals surface area contributed by atoms with Gasteiger partial charge in [-0.05, 0) is 30.6 Å². The Bertz CT molecular complexity index is 461. The average molecular weight is 208 g/mol. The minimum absolute atomic E-state index is 0.0228. The highest BCUT2D eigenvalue weighted by Gasteiger charge is 2.19. The largest absolute Gasteiger partial charge is 0.295 e. The summed E-state index contributed by atoms with van der Waals surface area (Å²) in [6.07, 6.45) is 2.29. The summed E-state index contributed by atoms with van der Waals surface area (Å²) >= 11 is 0. The summed E-state index contributed by atoms with van der Waals surface area (Å²) in [7, 11) is 0. The first-order valence-corrected chi connectivity index (χ1v) is 4.78. The first-order chi connectivity index (χ1) is 7.09. The number of rotatable bonds is 1. The molecule has 0 saturated carbocycles. The summed E-state index contributed by atoms with van der Waals surface area (Å²) in [5.74, 6) is -1.70. The molecule has 0 unspecified atom stereocenters. The second-order valence-electron chi connectivity index (χ2n) is 3.69. The van der Waals surface area contributed by atoms with E-state index < -0.39 is 11.6 Å². The monoisotopic (exact) mass is 208 g/mol. The molecular weight excluding hydrogens is 198 g/mol. The van der Waals surface area contributed by atoms with Gasteiger partial charge in [0.15, 0.2) is 17.4 Å². The number of aryl methyl sites for hydroxylation is 1. The van der Waals surface area contributed by atoms with Gasteiger partial charge in [0.05, 0.1) is 0 Å². The van der Waals surface area contributed by atoms with E-state index in [2.05, 4.69) is 0 Å². The zero-order valence-corrected chi connectivity index (χ0v) is 8.31. The number of carbonyl (C=O) groups excluding carboxylic acids is 1. The molecule has 0 amide bonds. The number of hydrogen-bond donors (Lipinski definition) is 0. The zero-order valence-electron chi connectivity index (χ0n) is 8.31. The van der Waals surface area contributed by atoms with Crippen molar-refractivity contribution in [3.8, 4) is 0 Å². The molecular formula is C12H10F2O. The molecule has 15 heavy (non-hydrogen) atoms. The second-order valence-corrected chi connectivity index (χ2v) is 3.69. The maximum absolute atomic E-state index is 13.5. The van der Waals surface area contributed by atoms with Gasteiger partial charge in [0.2, 0.25) is 0 Å². The van der Waals surface area contributed by atoms with Crippen molar-refractivity contribution in [3.63, 3.8) is 0 Å². The van der Waals surface area contributed by atoms with Crippen LogP contribution in [0.25, 0.3) is 5.57 Å². The quantitative estimate of drug-likeness (QED) is 0.693. The highest BCUT2D eigenvalue weighted by Crippen LogP contribution is 2.29. The van der Waals surface area contributed by atoms with E-state index in [1.165, 1.54) is 25.1 Å². The molecule has 0 bridgehead atoms. The lowest BCUT2D eigenvalue weighted by Crippen LogP contribution is -1.95. The highest BCUT2D eigenvalue weighted by atomic mass is 19.2. The molecule has 0 heterocycles. The van der Waals surface area contributed by atoms with E-state index in [-0.39, 0.29) is 16.9 Å². The standard InChI is InChI=1S/C12H10F2O/c1-7-2-5-10(12(14)11(7)13)8-3-4-9(15)6-8/h2,5-6H,3-4H2,1H3. The zero-order chi connectivity index (χ0) is 11.0. The van der Waals surface area contributed by atoms with Crippen molar-refractivity contribution in [2.45, 2.75) is 19.8 Å². The highest BCUT2D eigenvalue weighted by molar-refractivity contribution is 6.01. The maximum atomic E-state index is 13.5. The van der Waals surface area contributed by atoms with Crippen LogP contribution in [-0.2, 0) is 4.79 Å². The average Bonchev–Trinajstić information content (AvgIpc) is 2.61. The lowest BCUT2D eigenvalue weighted by atomic mass is 10.0. The molecule has 1 aliphatic rings. The van der Waals surface area contributed by atoms with Crippen LogP contribution in [0.3, 0.4) is 0 Å². The smallest absolute Gasteiger partial charge is 0.166 e. The summed E-state index contributed by atoms with van der Waals surface area (Å²) in [6.45, 7) is 1.51. The van der Waals surface area contributed by atoms with E-state index in [1.807, 2.05) is 0 Å². The molecule has 78 valence electrons. The molecule has 2 rings (SSSR count). The van der Waals surface area contributed by atoms with Gasteiger partial charge < -0.3 is 0 Å². The topological polar surface area (TPSA) is 17.1 Å². The van der Waals surface area contributed by atoms with Crippen molar-refractivity contribution in [2.24, 2.45) is 0 Å². The predicted octanol–water partition coefficient (Wildman–Crippen LogP) is 3.02. The van der Waals surface area contributed by atoms with Crippen LogP contribution in [0, 0.1) is 18.6 Å². The Morgan fingerprint density at radius 1 is 1.13 bits per heavy atom. The number of carbonyl (C=O) groups is 1. The molecule has 1 aromatic rings. The van der Waals surface area contributed by atoms with Crippen molar-refractivity contribution in [1.29, 1.82) is 0 Å². The lowest BCUT2D eigenvalue weighted by molar-refractivity contribution is -0.114. The van der Waals surface area contributed by atoms with Gasteiger partial charge in [0.1, 0.15) is 0 Å². The van der Waals surface area contributed by atoms with Gasteiger partial charge in [-0.2, -0.15) is 0 Å². The van der Waals surface area contributed by atoms with Crippen LogP contribution >= 0.6 is 0 Å². The van der Waals surface area contributed by atoms with E-state index in [4.69, 9.17) is 0 Å². The number of ketones is 1. The summed E-state index contributed by atoms with van der Waals surface area (Å²) in [5.41, 5.74) is 1.08. The van der Waals surface area contributed by atoms with E-state index >= 15 is 0 Å². The van der Waals surface area contributed by atoms with Crippen LogP contribution < -0.4 is 0 Å². The van der Waals surface area contributed by atoms with Crippen molar-refractivity contribution >= 4 is 11.4 Å². The van der Waals surface area contributed by atoms with Gasteiger partial charge in [-0.3, -0.25) is 4.79 Å². The third kappa shape index (κ3) is 1.69. The van der Waals surface area contributed by atoms with Crippen molar-refractivity contribution < 1.29 is 13.6 Å². The molecule has 0 fully saturated rings. The van der Waals surface area contributed by atoms with Gasteiger partial charge >= 0.3 is 0 Å². The summed E-state index contributed by atoms with van der Waals surface area (Å²) in [4.78, 5) is 11.0. The van der Waals surface area contributed by atoms with Crippen molar-refractivity contribution in [1.82, 2.24) is 0 Å². The molecule has 1 aliphatic carbocycles. The number of benzene rings is 1. The van der Waals surface area contributed by atoms with E-state index in [0.717, 1.165) is 0 Å². The van der Waals surface area contributed by atoms with Crippen molar-refractivity contribution in [3.05, 3.63) is 41.0 Å². The molecule has 3 heteroatoms. The Balaban J connectivity index is 2.50. The Hall–Kier alpha value is -1.51. The molecule has 1 nitrogen and oxygen atoms in total. The number of allylic oxidation sites excluding steroid dienone is 2. The van der Waals surface area contributed by atoms with Crippen LogP contribution in [-0.4, -0.2) is 5.78 Å². The summed E-state index contributed by atoms with van der Waals surface area (Å²) in [5, 5.41) is 0. The fraction of sp³-hybridized carbons (Fsp3) is 0.250. The van der Waals surface area contributed by atoms with E-state index in [0.29, 0.717) is 18.4 Å². The first kappa shape index (κ1) is 10.0. The van der Waals surface area contributed by atoms with Gasteiger partial charge in [-0.1, -0.05) is 12.1 Å². The predicted molar refractivity (Wildman–Crippen MR) is 53.3 cm³/mol. The molecule has 0 spiro atoms. The fourth-order valence-corrected chi connectivity index (χ4v) is 1.70. The van der Waals surface area contributed by atoms with Crippen LogP contribution in [0.5, 0.6) is 0 Å². The van der Waals surface area contributed by atoms with Gasteiger partial charge in [0.25, 0.3) is 0 Å². The Morgan fingerprint density at radius 2 is 1.87 bits per heavy atom. The Morgan fingerprint density at radius 3 is 2.47 bits per heavy atom. The third-order valence-electron chi connectivity index (χ3n) is 2.60. The molecule has 0 radical (unpaired) electrons. The van der Waals surface area contributed by atoms with Gasteiger partial charge in [0, 0.05) is 12.0 Å². The number of halogens is 2. The third-order valence-corrected chi connectivity index (χ3v) is 2.60. The van der Waals surface area contributed by atoms with Crippen molar-refractivity contribution in [2.75, 3.05) is 0 Å². The minimum Gasteiger partial charge on any atom is -0.295 e. The van der Waals surface area contributed by atoms with Gasteiger partial charge in [-0.15, -0.1) is 0 Å². The Kier molecular flexibility index (Phi) is 2.39. The lowest BCUT2D eigenvalue weighted by Gasteiger charge is -2.06. The van der Waals surface area contributed by atoms with Crippen LogP contribution in [0.4, 0.5) is 8.78 Å². The van der Waals surface area contributed by atoms with Crippen LogP contribution in [0.15, 0.2) is 18.2 Å². The molecule has 0 aliphatic heterocycles. The van der Waals surface area contributed by atoms with E-state index in [9.17, 15) is 13.6 Å². The summed E-state index contributed by atoms with van der Waals surface area (Å²) < 4.78 is 26.8. The fourth-order valence-electron chi connectivity index (χ4n) is 1.70. The van der Waals surface area contributed by atoms with Crippen LogP contribution in [0.1, 0.15) is 24.0 Å². The molecule has 0 saturated heterocycles. The normalized spacial score (nSPS) is 15.7. The molecule has 0 N–H and O–H groups in total. The maximum Gasteiger partial charge on any atom is 0.166 e. The first-order valence-electron chi connectivity index (χ1n) is 4.78. The second kappa shape index (κ2) is 3.57. The number of hydrogen-bond acceptors (Lipinski definition) is 1. The van der Waals surface area contributed by atoms with Crippen LogP contribution in [0.2, 0.25) is 0 Å². The molecule has 0 aromatic heterocycles. The molecule has 1 aromatic carbocycles. The SMILES string of the molecule is Cc1ccc(C2=CC(=O)CC2)c(F)c1F. The summed E-state index contributed by atoms with van der Waals surface area (Å²) in [6, 6.07) is 3.05. The minimum atomic E-state index is -0.851. The van der Waals surface area contributed by atoms with Gasteiger partial charge in [-0.25, -0.2) is 8.78 Å². The molecule has 0 atom stereocenters. The Labute approximate surface area is 86.4 Å².